The average molecular weight is 352 g/mol. The monoisotopic (exact) mass is 352 g/mol. The van der Waals surface area contributed by atoms with Crippen LogP contribution in [0.4, 0.5) is 5.69 Å². The minimum Gasteiger partial charge on any atom is -0.733 e. The summed E-state index contributed by atoms with van der Waals surface area (Å²) in [5.41, 5.74) is -3.79. The second kappa shape index (κ2) is 5.42. The van der Waals surface area contributed by atoms with E-state index in [0.29, 0.717) is 0 Å². The SMILES string of the molecule is CC1C2(C)OC(=N)C(C#N)(C(c3cccc(N([O-])O)c3)O2)C1(C#N)C#N. The molecule has 0 saturated carbocycles. The Morgan fingerprint density at radius 1 is 1.27 bits per heavy atom. The van der Waals surface area contributed by atoms with E-state index in [1.165, 1.54) is 31.2 Å². The largest absolute Gasteiger partial charge is 0.733 e. The van der Waals surface area contributed by atoms with Gasteiger partial charge in [0, 0.05) is 6.92 Å². The van der Waals surface area contributed by atoms with Crippen LogP contribution in [0, 0.1) is 61.4 Å². The van der Waals surface area contributed by atoms with Crippen molar-refractivity contribution in [1.82, 2.24) is 0 Å². The summed E-state index contributed by atoms with van der Waals surface area (Å²) in [5, 5.41) is 57.9. The fraction of sp³-hybridized carbons (Fsp3) is 0.412. The van der Waals surface area contributed by atoms with E-state index in [9.17, 15) is 21.0 Å². The summed E-state index contributed by atoms with van der Waals surface area (Å²) in [4.78, 5) is 0. The molecule has 9 nitrogen and oxygen atoms in total. The molecule has 2 N–H and O–H groups in total. The van der Waals surface area contributed by atoms with Gasteiger partial charge in [-0.3, -0.25) is 10.6 Å². The van der Waals surface area contributed by atoms with Crippen LogP contribution in [0.2, 0.25) is 0 Å². The summed E-state index contributed by atoms with van der Waals surface area (Å²) in [6.07, 6.45) is -1.21. The number of nitrogens with one attached hydrogen (secondary N) is 1. The summed E-state index contributed by atoms with van der Waals surface area (Å²) in [5.74, 6) is -2.85. The van der Waals surface area contributed by atoms with E-state index in [-0.39, 0.29) is 16.5 Å². The van der Waals surface area contributed by atoms with E-state index in [1.54, 1.807) is 6.92 Å². The molecule has 3 aliphatic heterocycles. The molecular weight excluding hydrogens is 338 g/mol. The maximum Gasteiger partial charge on any atom is 0.215 e. The van der Waals surface area contributed by atoms with Gasteiger partial charge in [0.2, 0.25) is 11.7 Å². The summed E-state index contributed by atoms with van der Waals surface area (Å²) < 4.78 is 11.4. The predicted molar refractivity (Wildman–Crippen MR) is 86.0 cm³/mol. The van der Waals surface area contributed by atoms with E-state index < -0.39 is 34.5 Å². The maximum absolute atomic E-state index is 11.2. The molecule has 3 aliphatic rings. The van der Waals surface area contributed by atoms with Gasteiger partial charge in [-0.25, -0.2) is 0 Å². The van der Waals surface area contributed by atoms with Crippen molar-refractivity contribution in [2.75, 3.05) is 5.23 Å². The lowest BCUT2D eigenvalue weighted by Crippen LogP contribution is -2.71. The molecule has 4 atom stereocenters. The lowest BCUT2D eigenvalue weighted by Gasteiger charge is -2.60. The van der Waals surface area contributed by atoms with Gasteiger partial charge in [0.1, 0.15) is 6.10 Å². The molecule has 1 aromatic carbocycles. The van der Waals surface area contributed by atoms with Crippen molar-refractivity contribution < 1.29 is 14.7 Å². The zero-order valence-corrected chi connectivity index (χ0v) is 13.9. The number of nitriles is 3. The standard InChI is InChI=1S/C17H14N5O4/c1-10-15(2)25-13(11-4-3-5-12(6-11)22(23)24)17(9-20,14(21)26-15)16(10,7-18)8-19/h3-6,10,13,21,23H,1-2H3/q-1. The molecule has 1 aromatic rings. The lowest BCUT2D eigenvalue weighted by atomic mass is 9.51. The van der Waals surface area contributed by atoms with E-state index in [1.807, 2.05) is 18.2 Å². The first-order chi connectivity index (χ1) is 12.2. The number of nitrogens with zero attached hydrogens (tertiary/aromatic N) is 4. The molecule has 0 aliphatic carbocycles. The molecule has 0 radical (unpaired) electrons. The molecule has 26 heavy (non-hydrogen) atoms. The quantitative estimate of drug-likeness (QED) is 0.767. The van der Waals surface area contributed by atoms with Crippen LogP contribution in [0.15, 0.2) is 24.3 Å². The lowest BCUT2D eigenvalue weighted by molar-refractivity contribution is -0.338. The number of rotatable bonds is 2. The van der Waals surface area contributed by atoms with E-state index in [2.05, 4.69) is 0 Å². The number of fused-ring (bicyclic) bond motifs is 3. The van der Waals surface area contributed by atoms with E-state index in [0.717, 1.165) is 0 Å². The van der Waals surface area contributed by atoms with Crippen LogP contribution in [-0.4, -0.2) is 16.9 Å². The highest BCUT2D eigenvalue weighted by Crippen LogP contribution is 2.66. The molecule has 9 heteroatoms. The smallest absolute Gasteiger partial charge is 0.215 e. The van der Waals surface area contributed by atoms with Gasteiger partial charge in [-0.15, -0.1) is 0 Å². The summed E-state index contributed by atoms with van der Waals surface area (Å²) in [6.45, 7) is 3.06. The van der Waals surface area contributed by atoms with Crippen molar-refractivity contribution in [2.24, 2.45) is 16.7 Å². The first-order valence-electron chi connectivity index (χ1n) is 7.68. The third-order valence-corrected chi connectivity index (χ3v) is 5.39. The number of ether oxygens (including phenoxy) is 2. The summed E-state index contributed by atoms with van der Waals surface area (Å²) in [6, 6.07) is 11.4. The van der Waals surface area contributed by atoms with E-state index >= 15 is 0 Å². The van der Waals surface area contributed by atoms with Gasteiger partial charge < -0.3 is 19.9 Å². The second-order valence-corrected chi connectivity index (χ2v) is 6.49. The number of hydrogen-bond acceptors (Lipinski definition) is 9. The highest BCUT2D eigenvalue weighted by molar-refractivity contribution is 5.88. The Hall–Kier alpha value is -3.16. The molecular formula is C17H14N5O4-. The predicted octanol–water partition coefficient (Wildman–Crippen LogP) is 2.35. The maximum atomic E-state index is 11.2. The van der Waals surface area contributed by atoms with Crippen molar-refractivity contribution in [3.8, 4) is 18.2 Å². The van der Waals surface area contributed by atoms with Gasteiger partial charge >= 0.3 is 0 Å². The van der Waals surface area contributed by atoms with Gasteiger partial charge in [0.05, 0.1) is 29.8 Å². The Morgan fingerprint density at radius 2 is 1.92 bits per heavy atom. The normalized spacial score (nSPS) is 34.1. The molecule has 0 spiro atoms. The molecule has 132 valence electrons. The second-order valence-electron chi connectivity index (χ2n) is 6.49. The third kappa shape index (κ3) is 1.84. The number of benzene rings is 1. The average Bonchev–Trinajstić information content (AvgIpc) is 2.63. The number of hydrogen-bond donors (Lipinski definition) is 2. The number of anilines is 1. The fourth-order valence-electron chi connectivity index (χ4n) is 3.78. The van der Waals surface area contributed by atoms with Gasteiger partial charge in [-0.05, 0) is 17.7 Å². The van der Waals surface area contributed by atoms with Crippen LogP contribution in [0.25, 0.3) is 0 Å². The zero-order chi connectivity index (χ0) is 19.3. The molecule has 0 aromatic heterocycles. The van der Waals surface area contributed by atoms with Crippen LogP contribution in [0.3, 0.4) is 0 Å². The fourth-order valence-corrected chi connectivity index (χ4v) is 3.78. The van der Waals surface area contributed by atoms with Gasteiger partial charge in [-0.1, -0.05) is 19.1 Å². The minimum absolute atomic E-state index is 0.120. The van der Waals surface area contributed by atoms with Crippen molar-refractivity contribution in [3.63, 3.8) is 0 Å². The van der Waals surface area contributed by atoms with Crippen molar-refractivity contribution in [2.45, 2.75) is 25.7 Å². The molecule has 4 unspecified atom stereocenters. The van der Waals surface area contributed by atoms with Crippen LogP contribution in [0.5, 0.6) is 0 Å². The molecule has 3 saturated heterocycles. The van der Waals surface area contributed by atoms with Crippen molar-refractivity contribution in [3.05, 3.63) is 35.0 Å². The molecule has 0 amide bonds. The zero-order valence-electron chi connectivity index (χ0n) is 13.9. The molecule has 3 fully saturated rings. The summed E-state index contributed by atoms with van der Waals surface area (Å²) in [7, 11) is 0. The van der Waals surface area contributed by atoms with Crippen LogP contribution < -0.4 is 5.23 Å². The Labute approximate surface area is 149 Å². The van der Waals surface area contributed by atoms with Gasteiger partial charge in [0.25, 0.3) is 0 Å². The van der Waals surface area contributed by atoms with Gasteiger partial charge in [0.15, 0.2) is 10.8 Å². The Bertz CT molecular complexity index is 897. The minimum atomic E-state index is -2.03. The Kier molecular flexibility index (Phi) is 3.68. The van der Waals surface area contributed by atoms with Crippen molar-refractivity contribution in [1.29, 1.82) is 21.2 Å². The van der Waals surface area contributed by atoms with Crippen LogP contribution >= 0.6 is 0 Å². The first-order valence-corrected chi connectivity index (χ1v) is 7.68. The molecule has 2 bridgehead atoms. The summed E-state index contributed by atoms with van der Waals surface area (Å²) >= 11 is 0. The van der Waals surface area contributed by atoms with Gasteiger partial charge in [-0.2, -0.15) is 15.8 Å². The molecule has 3 heterocycles. The Balaban J connectivity index is 2.30. The van der Waals surface area contributed by atoms with Crippen LogP contribution in [0.1, 0.15) is 25.5 Å². The first kappa shape index (κ1) is 17.7. The molecule has 4 rings (SSSR count). The third-order valence-electron chi connectivity index (χ3n) is 5.39. The Morgan fingerprint density at radius 3 is 2.46 bits per heavy atom. The highest BCUT2D eigenvalue weighted by atomic mass is 16.8. The van der Waals surface area contributed by atoms with Crippen molar-refractivity contribution >= 4 is 11.6 Å². The topological polar surface area (TPSA) is 160 Å². The van der Waals surface area contributed by atoms with E-state index in [4.69, 9.17) is 20.1 Å². The highest BCUT2D eigenvalue weighted by Gasteiger charge is 2.78. The van der Waals surface area contributed by atoms with Crippen LogP contribution in [-0.2, 0) is 9.47 Å².